The lowest BCUT2D eigenvalue weighted by Crippen LogP contribution is -2.56. The van der Waals surface area contributed by atoms with Crippen molar-refractivity contribution in [1.82, 2.24) is 16.1 Å². The number of carbonyl (C=O) groups is 2. The van der Waals surface area contributed by atoms with Gasteiger partial charge in [-0.1, -0.05) is 0 Å². The summed E-state index contributed by atoms with van der Waals surface area (Å²) in [5.74, 6) is -0.149. The van der Waals surface area contributed by atoms with Gasteiger partial charge >= 0.3 is 6.03 Å². The Kier molecular flexibility index (Phi) is 3.41. The number of amides is 3. The van der Waals surface area contributed by atoms with Gasteiger partial charge in [0.15, 0.2) is 0 Å². The summed E-state index contributed by atoms with van der Waals surface area (Å²) in [5.41, 5.74) is 7.37. The van der Waals surface area contributed by atoms with E-state index in [-0.39, 0.29) is 5.91 Å². The van der Waals surface area contributed by atoms with Gasteiger partial charge in [-0.15, -0.1) is 0 Å². The molecule has 1 unspecified atom stereocenters. The van der Waals surface area contributed by atoms with Crippen molar-refractivity contribution in [2.75, 3.05) is 13.1 Å². The third kappa shape index (κ3) is 2.70. The van der Waals surface area contributed by atoms with E-state index in [1.54, 1.807) is 6.92 Å². The Morgan fingerprint density at radius 1 is 1.64 bits per heavy atom. The van der Waals surface area contributed by atoms with Crippen LogP contribution in [0.5, 0.6) is 0 Å². The number of rotatable bonds is 2. The van der Waals surface area contributed by atoms with Crippen LogP contribution in [0.25, 0.3) is 0 Å². The van der Waals surface area contributed by atoms with Crippen LogP contribution in [-0.2, 0) is 4.79 Å². The average molecular weight is 199 g/mol. The van der Waals surface area contributed by atoms with E-state index in [1.165, 1.54) is 0 Å². The second kappa shape index (κ2) is 4.56. The first-order valence-electron chi connectivity index (χ1n) is 4.22. The Hall–Kier alpha value is -1.63. The molecule has 1 aliphatic rings. The first-order valence-corrected chi connectivity index (χ1v) is 4.22. The molecule has 1 atom stereocenters. The van der Waals surface area contributed by atoms with E-state index in [4.69, 9.17) is 5.73 Å². The van der Waals surface area contributed by atoms with Crippen LogP contribution in [0.4, 0.5) is 4.79 Å². The lowest BCUT2D eigenvalue weighted by atomic mass is 10.1. The van der Waals surface area contributed by atoms with E-state index in [9.17, 15) is 9.59 Å². The normalized spacial score (nSPS) is 22.8. The molecule has 78 valence electrons. The quantitative estimate of drug-likeness (QED) is 0.308. The van der Waals surface area contributed by atoms with Crippen LogP contribution in [-0.4, -0.2) is 36.8 Å². The van der Waals surface area contributed by atoms with Gasteiger partial charge in [-0.25, -0.2) is 10.2 Å². The standard InChI is InChI=1S/C7H13N5O2/c1-4(11-12-7(8)14)5-6(13)10-3-2-9-5/h5,9H,2-3H2,1H3,(H,10,13)(H3,8,12,14)/b11-4+. The fraction of sp³-hybridized carbons (Fsp3) is 0.571. The van der Waals surface area contributed by atoms with Crippen molar-refractivity contribution in [3.05, 3.63) is 0 Å². The van der Waals surface area contributed by atoms with Gasteiger partial charge in [-0.2, -0.15) is 5.10 Å². The van der Waals surface area contributed by atoms with Crippen LogP contribution in [0.1, 0.15) is 6.92 Å². The zero-order valence-corrected chi connectivity index (χ0v) is 7.83. The maximum absolute atomic E-state index is 11.3. The van der Waals surface area contributed by atoms with Crippen molar-refractivity contribution in [1.29, 1.82) is 0 Å². The Morgan fingerprint density at radius 3 is 2.93 bits per heavy atom. The number of hydrogen-bond acceptors (Lipinski definition) is 4. The van der Waals surface area contributed by atoms with Gasteiger partial charge in [0.2, 0.25) is 5.91 Å². The van der Waals surface area contributed by atoms with E-state index < -0.39 is 12.1 Å². The number of primary amides is 1. The fourth-order valence-corrected chi connectivity index (χ4v) is 1.14. The maximum atomic E-state index is 11.3. The van der Waals surface area contributed by atoms with E-state index in [2.05, 4.69) is 21.2 Å². The molecule has 0 spiro atoms. The Bertz CT molecular complexity index is 275. The molecule has 0 bridgehead atoms. The van der Waals surface area contributed by atoms with Crippen LogP contribution in [0, 0.1) is 0 Å². The molecule has 0 aromatic rings. The van der Waals surface area contributed by atoms with Crippen LogP contribution < -0.4 is 21.8 Å². The largest absolute Gasteiger partial charge is 0.353 e. The van der Waals surface area contributed by atoms with Gasteiger partial charge in [0, 0.05) is 13.1 Å². The Balaban J connectivity index is 2.57. The maximum Gasteiger partial charge on any atom is 0.332 e. The summed E-state index contributed by atoms with van der Waals surface area (Å²) in [4.78, 5) is 21.6. The minimum atomic E-state index is -0.749. The zero-order chi connectivity index (χ0) is 10.6. The molecular formula is C7H13N5O2. The summed E-state index contributed by atoms with van der Waals surface area (Å²) in [5, 5.41) is 9.30. The van der Waals surface area contributed by atoms with Gasteiger partial charge in [0.05, 0.1) is 5.71 Å². The fourth-order valence-electron chi connectivity index (χ4n) is 1.14. The molecule has 7 nitrogen and oxygen atoms in total. The van der Waals surface area contributed by atoms with Crippen LogP contribution in [0.15, 0.2) is 5.10 Å². The summed E-state index contributed by atoms with van der Waals surface area (Å²) in [6.45, 7) is 2.92. The highest BCUT2D eigenvalue weighted by molar-refractivity contribution is 6.07. The predicted molar refractivity (Wildman–Crippen MR) is 50.6 cm³/mol. The molecule has 1 saturated heterocycles. The van der Waals surface area contributed by atoms with Crippen molar-refractivity contribution < 1.29 is 9.59 Å². The summed E-state index contributed by atoms with van der Waals surface area (Å²) >= 11 is 0. The lowest BCUT2D eigenvalue weighted by Gasteiger charge is -2.22. The highest BCUT2D eigenvalue weighted by atomic mass is 16.2. The molecule has 0 aromatic heterocycles. The van der Waals surface area contributed by atoms with Crippen molar-refractivity contribution >= 4 is 17.6 Å². The number of nitrogens with one attached hydrogen (secondary N) is 3. The monoisotopic (exact) mass is 199 g/mol. The van der Waals surface area contributed by atoms with Crippen molar-refractivity contribution in [3.63, 3.8) is 0 Å². The highest BCUT2D eigenvalue weighted by Crippen LogP contribution is 1.92. The first-order chi connectivity index (χ1) is 6.61. The van der Waals surface area contributed by atoms with Crippen LogP contribution in [0.3, 0.4) is 0 Å². The number of carbonyl (C=O) groups excluding carboxylic acids is 2. The number of hydrazone groups is 1. The Morgan fingerprint density at radius 2 is 2.36 bits per heavy atom. The number of piperazine rings is 1. The van der Waals surface area contributed by atoms with Crippen molar-refractivity contribution in [3.8, 4) is 0 Å². The highest BCUT2D eigenvalue weighted by Gasteiger charge is 2.23. The number of nitrogens with two attached hydrogens (primary N) is 1. The van der Waals surface area contributed by atoms with Crippen molar-refractivity contribution in [2.45, 2.75) is 13.0 Å². The molecule has 14 heavy (non-hydrogen) atoms. The molecule has 5 N–H and O–H groups in total. The third-order valence-corrected chi connectivity index (χ3v) is 1.80. The summed E-state index contributed by atoms with van der Waals surface area (Å²) in [7, 11) is 0. The Labute approximate surface area is 81.1 Å². The predicted octanol–water partition coefficient (Wildman–Crippen LogP) is -1.88. The van der Waals surface area contributed by atoms with E-state index >= 15 is 0 Å². The summed E-state index contributed by atoms with van der Waals surface area (Å²) < 4.78 is 0. The minimum absolute atomic E-state index is 0.149. The second-order valence-electron chi connectivity index (χ2n) is 2.91. The molecule has 0 aliphatic carbocycles. The zero-order valence-electron chi connectivity index (χ0n) is 7.83. The SMILES string of the molecule is C/C(=N\NC(N)=O)C1NCCNC1=O. The number of hydrogen-bond donors (Lipinski definition) is 4. The average Bonchev–Trinajstić information content (AvgIpc) is 2.15. The third-order valence-electron chi connectivity index (χ3n) is 1.80. The molecule has 1 fully saturated rings. The van der Waals surface area contributed by atoms with Crippen LogP contribution >= 0.6 is 0 Å². The van der Waals surface area contributed by atoms with Crippen molar-refractivity contribution in [2.24, 2.45) is 10.8 Å². The molecular weight excluding hydrogens is 186 g/mol. The summed E-state index contributed by atoms with van der Waals surface area (Å²) in [6.07, 6.45) is 0. The number of urea groups is 1. The molecule has 7 heteroatoms. The van der Waals surface area contributed by atoms with Gasteiger partial charge in [0.1, 0.15) is 6.04 Å². The first kappa shape index (κ1) is 10.5. The minimum Gasteiger partial charge on any atom is -0.353 e. The summed E-state index contributed by atoms with van der Waals surface area (Å²) in [6, 6.07) is -1.24. The van der Waals surface area contributed by atoms with Gasteiger partial charge in [-0.3, -0.25) is 10.1 Å². The lowest BCUT2D eigenvalue weighted by molar-refractivity contribution is -0.122. The molecule has 0 aromatic carbocycles. The smallest absolute Gasteiger partial charge is 0.332 e. The molecule has 1 rings (SSSR count). The molecule has 3 amide bonds. The van der Waals surface area contributed by atoms with E-state index in [0.717, 1.165) is 0 Å². The number of nitrogens with zero attached hydrogens (tertiary/aromatic N) is 1. The van der Waals surface area contributed by atoms with Gasteiger partial charge in [0.25, 0.3) is 0 Å². The molecule has 1 heterocycles. The van der Waals surface area contributed by atoms with Gasteiger partial charge in [-0.05, 0) is 6.92 Å². The topological polar surface area (TPSA) is 109 Å². The van der Waals surface area contributed by atoms with Crippen LogP contribution in [0.2, 0.25) is 0 Å². The molecule has 1 aliphatic heterocycles. The molecule has 0 saturated carbocycles. The second-order valence-corrected chi connectivity index (χ2v) is 2.91. The molecule has 0 radical (unpaired) electrons. The van der Waals surface area contributed by atoms with E-state index in [0.29, 0.717) is 18.8 Å². The van der Waals surface area contributed by atoms with Gasteiger partial charge < -0.3 is 11.1 Å². The van der Waals surface area contributed by atoms with E-state index in [1.807, 2.05) is 0 Å².